The van der Waals surface area contributed by atoms with E-state index in [1.54, 1.807) is 0 Å². The summed E-state index contributed by atoms with van der Waals surface area (Å²) >= 11 is 0. The van der Waals surface area contributed by atoms with Crippen LogP contribution >= 0.6 is 0 Å². The molecule has 0 radical (unpaired) electrons. The fourth-order valence-electron chi connectivity index (χ4n) is 1.24. The lowest BCUT2D eigenvalue weighted by Crippen LogP contribution is -2.71. The molecule has 0 amide bonds. The van der Waals surface area contributed by atoms with Gasteiger partial charge in [0.1, 0.15) is 18.3 Å². The Morgan fingerprint density at radius 3 is 2.14 bits per heavy atom. The van der Waals surface area contributed by atoms with Crippen molar-refractivity contribution >= 4 is 0 Å². The Hall–Kier alpha value is -0.320. The molecule has 1 aliphatic heterocycles. The van der Waals surface area contributed by atoms with Gasteiger partial charge in [-0.2, -0.15) is 5.48 Å². The van der Waals surface area contributed by atoms with Crippen LogP contribution in [0.3, 0.4) is 0 Å². The number of hydrogen-bond donors (Lipinski definition) is 7. The summed E-state index contributed by atoms with van der Waals surface area (Å²) in [6.45, 7) is -0.897. The molecule has 0 aromatic carbocycles. The minimum atomic E-state index is -2.10. The number of hydrogen-bond acceptors (Lipinski definition) is 8. The third-order valence-electron chi connectivity index (χ3n) is 2.20. The van der Waals surface area contributed by atoms with Crippen LogP contribution in [0.15, 0.2) is 0 Å². The maximum atomic E-state index is 9.35. The molecule has 0 aromatic heterocycles. The minimum absolute atomic E-state index is 0.897. The van der Waals surface area contributed by atoms with E-state index in [2.05, 4.69) is 4.74 Å². The van der Waals surface area contributed by atoms with Crippen molar-refractivity contribution in [1.29, 1.82) is 0 Å². The van der Waals surface area contributed by atoms with Crippen molar-refractivity contribution in [2.75, 3.05) is 6.61 Å². The smallest absolute Gasteiger partial charge is 0.195 e. The van der Waals surface area contributed by atoms with E-state index in [0.29, 0.717) is 0 Å². The van der Waals surface area contributed by atoms with Gasteiger partial charge in [-0.3, -0.25) is 0 Å². The molecule has 0 aliphatic carbocycles. The number of ether oxygens (including phenoxy) is 1. The number of rotatable bonds is 2. The van der Waals surface area contributed by atoms with Crippen LogP contribution in [-0.2, 0) is 4.74 Å². The predicted octanol–water partition coefficient (Wildman–Crippen LogP) is -3.91. The highest BCUT2D eigenvalue weighted by Crippen LogP contribution is 2.26. The Kier molecular flexibility index (Phi) is 3.40. The minimum Gasteiger partial charge on any atom is -0.392 e. The first-order valence-corrected chi connectivity index (χ1v) is 3.90. The standard InChI is InChI=1S/C6H13NO7/c8-1-6(7-13)4(11)2(9)3(10)5(12)14-6/h2-5,7-13H,1H2/t2-,3-,4+,5?,6-/m1/s1. The van der Waals surface area contributed by atoms with Gasteiger partial charge in [-0.25, -0.2) is 0 Å². The number of aliphatic hydroxyl groups excluding tert-OH is 5. The van der Waals surface area contributed by atoms with Crippen LogP contribution in [0, 0.1) is 0 Å². The van der Waals surface area contributed by atoms with E-state index in [9.17, 15) is 10.2 Å². The summed E-state index contributed by atoms with van der Waals surface area (Å²) < 4.78 is 4.55. The maximum absolute atomic E-state index is 9.35. The normalized spacial score (nSPS) is 49.3. The SMILES string of the molecule is OC[C@@]1(NO)OC(O)[C@H](O)[C@@H](O)[C@@H]1O. The molecule has 14 heavy (non-hydrogen) atoms. The first-order chi connectivity index (χ1) is 6.48. The number of aliphatic hydroxyl groups is 5. The van der Waals surface area contributed by atoms with Gasteiger partial charge in [0.25, 0.3) is 0 Å². The molecule has 0 spiro atoms. The largest absolute Gasteiger partial charge is 0.392 e. The molecule has 1 aliphatic rings. The van der Waals surface area contributed by atoms with Gasteiger partial charge in [-0.15, -0.1) is 0 Å². The van der Waals surface area contributed by atoms with E-state index < -0.39 is 36.9 Å². The average Bonchev–Trinajstić information content (AvgIpc) is 2.21. The summed E-state index contributed by atoms with van der Waals surface area (Å²) in [7, 11) is 0. The summed E-state index contributed by atoms with van der Waals surface area (Å²) in [6.07, 6.45) is -7.06. The second-order valence-electron chi connectivity index (χ2n) is 3.09. The lowest BCUT2D eigenvalue weighted by molar-refractivity contribution is -0.353. The molecule has 1 rings (SSSR count). The molecule has 1 unspecified atom stereocenters. The molecule has 7 N–H and O–H groups in total. The second kappa shape index (κ2) is 4.04. The highest BCUT2D eigenvalue weighted by atomic mass is 16.7. The van der Waals surface area contributed by atoms with Crippen molar-refractivity contribution in [3.05, 3.63) is 0 Å². The fourth-order valence-corrected chi connectivity index (χ4v) is 1.24. The van der Waals surface area contributed by atoms with Gasteiger partial charge < -0.3 is 35.5 Å². The Morgan fingerprint density at radius 2 is 1.71 bits per heavy atom. The molecule has 8 heteroatoms. The van der Waals surface area contributed by atoms with Crippen LogP contribution in [0.5, 0.6) is 0 Å². The van der Waals surface area contributed by atoms with Gasteiger partial charge in [0.15, 0.2) is 12.0 Å². The van der Waals surface area contributed by atoms with Crippen molar-refractivity contribution in [2.24, 2.45) is 0 Å². The van der Waals surface area contributed by atoms with Crippen molar-refractivity contribution in [2.45, 2.75) is 30.3 Å². The molecule has 0 saturated carbocycles. The second-order valence-corrected chi connectivity index (χ2v) is 3.09. The molecule has 1 saturated heterocycles. The van der Waals surface area contributed by atoms with E-state index in [0.717, 1.165) is 0 Å². The number of hydroxylamine groups is 1. The Bertz CT molecular complexity index is 197. The van der Waals surface area contributed by atoms with E-state index in [-0.39, 0.29) is 0 Å². The molecule has 8 nitrogen and oxygen atoms in total. The zero-order valence-corrected chi connectivity index (χ0v) is 7.11. The van der Waals surface area contributed by atoms with Crippen molar-refractivity contribution in [3.8, 4) is 0 Å². The lowest BCUT2D eigenvalue weighted by atomic mass is 9.94. The van der Waals surface area contributed by atoms with Gasteiger partial charge in [-0.05, 0) is 0 Å². The molecule has 1 heterocycles. The summed E-state index contributed by atoms with van der Waals surface area (Å²) in [6, 6.07) is 0. The molecule has 0 aromatic rings. The quantitative estimate of drug-likeness (QED) is 0.230. The van der Waals surface area contributed by atoms with Crippen LogP contribution < -0.4 is 5.48 Å². The molecular weight excluding hydrogens is 198 g/mol. The number of nitrogens with one attached hydrogen (secondary N) is 1. The van der Waals surface area contributed by atoms with E-state index >= 15 is 0 Å². The molecule has 0 bridgehead atoms. The zero-order chi connectivity index (χ0) is 10.9. The Labute approximate surface area is 78.9 Å². The summed E-state index contributed by atoms with van der Waals surface area (Å²) in [4.78, 5) is 0. The third kappa shape index (κ3) is 1.62. The maximum Gasteiger partial charge on any atom is 0.195 e. The van der Waals surface area contributed by atoms with Gasteiger partial charge in [0.2, 0.25) is 0 Å². The van der Waals surface area contributed by atoms with E-state index in [1.165, 1.54) is 5.48 Å². The molecule has 5 atom stereocenters. The molecule has 84 valence electrons. The monoisotopic (exact) mass is 211 g/mol. The van der Waals surface area contributed by atoms with Gasteiger partial charge in [0.05, 0.1) is 6.61 Å². The van der Waals surface area contributed by atoms with Crippen LogP contribution in [-0.4, -0.2) is 67.7 Å². The average molecular weight is 211 g/mol. The van der Waals surface area contributed by atoms with Crippen molar-refractivity contribution in [3.63, 3.8) is 0 Å². The zero-order valence-electron chi connectivity index (χ0n) is 7.11. The van der Waals surface area contributed by atoms with Crippen molar-refractivity contribution < 1.29 is 35.5 Å². The first-order valence-electron chi connectivity index (χ1n) is 3.90. The van der Waals surface area contributed by atoms with E-state index in [4.69, 9.17) is 20.5 Å². The topological polar surface area (TPSA) is 143 Å². The molecular formula is C6H13NO7. The van der Waals surface area contributed by atoms with Crippen LogP contribution in [0.4, 0.5) is 0 Å². The van der Waals surface area contributed by atoms with Gasteiger partial charge in [-0.1, -0.05) is 0 Å². The predicted molar refractivity (Wildman–Crippen MR) is 39.9 cm³/mol. The van der Waals surface area contributed by atoms with Gasteiger partial charge >= 0.3 is 0 Å². The Balaban J connectivity index is 2.88. The first kappa shape index (κ1) is 11.8. The summed E-state index contributed by atoms with van der Waals surface area (Å²) in [5, 5.41) is 54.1. The third-order valence-corrected chi connectivity index (χ3v) is 2.20. The Morgan fingerprint density at radius 1 is 1.14 bits per heavy atom. The van der Waals surface area contributed by atoms with Crippen molar-refractivity contribution in [1.82, 2.24) is 5.48 Å². The van der Waals surface area contributed by atoms with Crippen LogP contribution in [0.25, 0.3) is 0 Å². The summed E-state index contributed by atoms with van der Waals surface area (Å²) in [5.41, 5.74) is -0.654. The fraction of sp³-hybridized carbons (Fsp3) is 1.00. The van der Waals surface area contributed by atoms with Crippen LogP contribution in [0.2, 0.25) is 0 Å². The highest BCUT2D eigenvalue weighted by molar-refractivity contribution is 4.96. The molecule has 1 fully saturated rings. The lowest BCUT2D eigenvalue weighted by Gasteiger charge is -2.45. The van der Waals surface area contributed by atoms with Crippen LogP contribution in [0.1, 0.15) is 0 Å². The van der Waals surface area contributed by atoms with E-state index in [1.807, 2.05) is 0 Å². The van der Waals surface area contributed by atoms with Gasteiger partial charge in [0, 0.05) is 0 Å². The summed E-state index contributed by atoms with van der Waals surface area (Å²) in [5.74, 6) is 0. The highest BCUT2D eigenvalue weighted by Gasteiger charge is 2.53.